The van der Waals surface area contributed by atoms with Gasteiger partial charge in [0.25, 0.3) is 0 Å². The molecule has 1 amide bonds. The van der Waals surface area contributed by atoms with Crippen LogP contribution in [0.5, 0.6) is 5.75 Å². The fourth-order valence-corrected chi connectivity index (χ4v) is 3.64. The first-order valence-corrected chi connectivity index (χ1v) is 9.38. The zero-order valence-electron chi connectivity index (χ0n) is 16.9. The first-order valence-electron chi connectivity index (χ1n) is 9.38. The summed E-state index contributed by atoms with van der Waals surface area (Å²) < 4.78 is 11.3. The molecular formula is C24H22N2O3. The maximum absolute atomic E-state index is 12.7. The molecule has 0 aliphatic carbocycles. The largest absolute Gasteiger partial charge is 0.496 e. The van der Waals surface area contributed by atoms with Gasteiger partial charge in [0.1, 0.15) is 11.3 Å². The lowest BCUT2D eigenvalue weighted by Crippen LogP contribution is -2.09. The topological polar surface area (TPSA) is 64.4 Å². The summed E-state index contributed by atoms with van der Waals surface area (Å²) >= 11 is 0. The molecule has 0 saturated carbocycles. The predicted molar refractivity (Wildman–Crippen MR) is 116 cm³/mol. The summed E-state index contributed by atoms with van der Waals surface area (Å²) in [6.07, 6.45) is 5.04. The van der Waals surface area contributed by atoms with Crippen molar-refractivity contribution in [1.82, 2.24) is 4.98 Å². The van der Waals surface area contributed by atoms with Gasteiger partial charge in [0.2, 0.25) is 5.91 Å². The molecule has 0 radical (unpaired) electrons. The van der Waals surface area contributed by atoms with Crippen LogP contribution < -0.4 is 10.1 Å². The molecule has 2 heterocycles. The van der Waals surface area contributed by atoms with E-state index in [2.05, 4.69) is 10.3 Å². The summed E-state index contributed by atoms with van der Waals surface area (Å²) in [7, 11) is 1.63. The number of carbonyl (C=O) groups is 1. The molecule has 2 aromatic carbocycles. The molecule has 0 spiro atoms. The number of nitrogens with one attached hydrogen (secondary N) is 1. The molecule has 0 unspecified atom stereocenters. The van der Waals surface area contributed by atoms with Crippen molar-refractivity contribution in [2.45, 2.75) is 20.8 Å². The smallest absolute Gasteiger partial charge is 0.248 e. The van der Waals surface area contributed by atoms with Gasteiger partial charge in [-0.15, -0.1) is 0 Å². The molecule has 4 aromatic rings. The van der Waals surface area contributed by atoms with Gasteiger partial charge in [0.05, 0.1) is 24.6 Å². The molecule has 0 saturated heterocycles. The summed E-state index contributed by atoms with van der Waals surface area (Å²) in [4.78, 5) is 17.1. The van der Waals surface area contributed by atoms with Crippen molar-refractivity contribution in [2.24, 2.45) is 0 Å². The minimum absolute atomic E-state index is 0.218. The summed E-state index contributed by atoms with van der Waals surface area (Å²) in [6.45, 7) is 5.86. The van der Waals surface area contributed by atoms with E-state index in [0.717, 1.165) is 44.1 Å². The number of benzene rings is 2. The van der Waals surface area contributed by atoms with E-state index in [9.17, 15) is 4.79 Å². The van der Waals surface area contributed by atoms with Crippen molar-refractivity contribution in [2.75, 3.05) is 12.4 Å². The summed E-state index contributed by atoms with van der Waals surface area (Å²) in [6, 6.07) is 11.6. The van der Waals surface area contributed by atoms with Crippen molar-refractivity contribution in [3.05, 3.63) is 71.6 Å². The van der Waals surface area contributed by atoms with E-state index in [1.165, 1.54) is 0 Å². The average molecular weight is 386 g/mol. The number of rotatable bonds is 4. The molecule has 2 aromatic heterocycles. The number of carbonyl (C=O) groups excluding carboxylic acids is 1. The van der Waals surface area contributed by atoms with Crippen molar-refractivity contribution in [3.8, 4) is 5.75 Å². The first-order chi connectivity index (χ1) is 14.0. The van der Waals surface area contributed by atoms with E-state index in [-0.39, 0.29) is 5.91 Å². The molecular weight excluding hydrogens is 364 g/mol. The number of hydrogen-bond donors (Lipinski definition) is 1. The van der Waals surface area contributed by atoms with E-state index < -0.39 is 0 Å². The number of fused-ring (bicyclic) bond motifs is 2. The zero-order chi connectivity index (χ0) is 20.5. The molecule has 0 bridgehead atoms. The SMILES string of the molecule is COc1c(/C(C)=C/C(=O)Nc2cccc3cccnc23)cc2c(C)coc2c1C. The third-order valence-corrected chi connectivity index (χ3v) is 5.10. The minimum atomic E-state index is -0.218. The highest BCUT2D eigenvalue weighted by Crippen LogP contribution is 2.37. The Morgan fingerprint density at radius 2 is 2.00 bits per heavy atom. The number of aromatic nitrogens is 1. The fraction of sp³-hybridized carbons (Fsp3) is 0.167. The Labute approximate surface area is 169 Å². The Kier molecular flexibility index (Phi) is 4.80. The van der Waals surface area contributed by atoms with E-state index >= 15 is 0 Å². The second-order valence-electron chi connectivity index (χ2n) is 7.08. The number of aryl methyl sites for hydroxylation is 2. The quantitative estimate of drug-likeness (QED) is 0.460. The normalized spacial score (nSPS) is 11.8. The van der Waals surface area contributed by atoms with Crippen LogP contribution in [0.25, 0.3) is 27.4 Å². The number of furan rings is 1. The van der Waals surface area contributed by atoms with Gasteiger partial charge < -0.3 is 14.5 Å². The van der Waals surface area contributed by atoms with Crippen LogP contribution in [0.15, 0.2) is 59.4 Å². The van der Waals surface area contributed by atoms with Crippen LogP contribution in [-0.2, 0) is 4.79 Å². The number of allylic oxidation sites excluding steroid dienone is 1. The Balaban J connectivity index is 1.71. The minimum Gasteiger partial charge on any atom is -0.496 e. The first kappa shape index (κ1) is 18.7. The van der Waals surface area contributed by atoms with Crippen LogP contribution in [-0.4, -0.2) is 18.0 Å². The lowest BCUT2D eigenvalue weighted by atomic mass is 9.98. The Morgan fingerprint density at radius 1 is 1.21 bits per heavy atom. The third kappa shape index (κ3) is 3.36. The lowest BCUT2D eigenvalue weighted by Gasteiger charge is -2.13. The molecule has 0 aliphatic heterocycles. The second kappa shape index (κ2) is 7.43. The second-order valence-corrected chi connectivity index (χ2v) is 7.08. The van der Waals surface area contributed by atoms with Crippen LogP contribution in [0.2, 0.25) is 0 Å². The van der Waals surface area contributed by atoms with Crippen LogP contribution in [0.1, 0.15) is 23.6 Å². The van der Waals surface area contributed by atoms with Gasteiger partial charge in [-0.05, 0) is 50.1 Å². The van der Waals surface area contributed by atoms with E-state index in [4.69, 9.17) is 9.15 Å². The molecule has 5 heteroatoms. The highest BCUT2D eigenvalue weighted by molar-refractivity contribution is 6.08. The molecule has 5 nitrogen and oxygen atoms in total. The molecule has 0 atom stereocenters. The van der Waals surface area contributed by atoms with Gasteiger partial charge in [-0.2, -0.15) is 0 Å². The van der Waals surface area contributed by atoms with Crippen LogP contribution in [0, 0.1) is 13.8 Å². The number of para-hydroxylation sites is 1. The van der Waals surface area contributed by atoms with Gasteiger partial charge in [0.15, 0.2) is 0 Å². The third-order valence-electron chi connectivity index (χ3n) is 5.10. The van der Waals surface area contributed by atoms with Gasteiger partial charge >= 0.3 is 0 Å². The van der Waals surface area contributed by atoms with Crippen LogP contribution >= 0.6 is 0 Å². The molecule has 1 N–H and O–H groups in total. The number of hydrogen-bond acceptors (Lipinski definition) is 4. The molecule has 0 fully saturated rings. The van der Waals surface area contributed by atoms with Gasteiger partial charge in [-0.3, -0.25) is 9.78 Å². The highest BCUT2D eigenvalue weighted by Gasteiger charge is 2.17. The van der Waals surface area contributed by atoms with Gasteiger partial charge in [-0.25, -0.2) is 0 Å². The van der Waals surface area contributed by atoms with Gasteiger partial charge in [-0.1, -0.05) is 18.2 Å². The molecule has 29 heavy (non-hydrogen) atoms. The molecule has 4 rings (SSSR count). The van der Waals surface area contributed by atoms with Crippen molar-refractivity contribution in [3.63, 3.8) is 0 Å². The van der Waals surface area contributed by atoms with Crippen LogP contribution in [0.4, 0.5) is 5.69 Å². The van der Waals surface area contributed by atoms with Crippen molar-refractivity contribution < 1.29 is 13.9 Å². The number of amides is 1. The Morgan fingerprint density at radius 3 is 2.79 bits per heavy atom. The van der Waals surface area contributed by atoms with E-state index in [0.29, 0.717) is 11.4 Å². The van der Waals surface area contributed by atoms with E-state index in [1.54, 1.807) is 25.6 Å². The maximum Gasteiger partial charge on any atom is 0.248 e. The van der Waals surface area contributed by atoms with Crippen molar-refractivity contribution >= 4 is 39.0 Å². The van der Waals surface area contributed by atoms with Crippen molar-refractivity contribution in [1.29, 1.82) is 0 Å². The molecule has 0 aliphatic rings. The standard InChI is InChI=1S/C24H22N2O3/c1-14(18-12-19-15(2)13-29-24(19)16(3)23(18)28-4)11-21(27)26-20-9-5-7-17-8-6-10-25-22(17)20/h5-13H,1-4H3,(H,26,27)/b14-11+. The van der Waals surface area contributed by atoms with Crippen LogP contribution in [0.3, 0.4) is 0 Å². The number of anilines is 1. The summed E-state index contributed by atoms with van der Waals surface area (Å²) in [5, 5.41) is 4.94. The number of pyridine rings is 1. The van der Waals surface area contributed by atoms with Gasteiger partial charge in [0, 0.05) is 34.2 Å². The average Bonchev–Trinajstić information content (AvgIpc) is 3.09. The number of methoxy groups -OCH3 is 1. The Hall–Kier alpha value is -3.60. The number of nitrogens with zero attached hydrogens (tertiary/aromatic N) is 1. The maximum atomic E-state index is 12.7. The highest BCUT2D eigenvalue weighted by atomic mass is 16.5. The van der Waals surface area contributed by atoms with E-state index in [1.807, 2.05) is 57.2 Å². The fourth-order valence-electron chi connectivity index (χ4n) is 3.64. The predicted octanol–water partition coefficient (Wildman–Crippen LogP) is 5.65. The summed E-state index contributed by atoms with van der Waals surface area (Å²) in [5.41, 5.74) is 5.89. The zero-order valence-corrected chi connectivity index (χ0v) is 16.9. The number of ether oxygens (including phenoxy) is 1. The summed E-state index contributed by atoms with van der Waals surface area (Å²) in [5.74, 6) is 0.490. The monoisotopic (exact) mass is 386 g/mol. The molecule has 146 valence electrons. The Bertz CT molecular complexity index is 1260. The lowest BCUT2D eigenvalue weighted by molar-refractivity contribution is -0.111.